The second-order valence-electron chi connectivity index (χ2n) is 6.59. The normalized spacial score (nSPS) is 17.0. The van der Waals surface area contributed by atoms with Crippen LogP contribution in [0.4, 0.5) is 5.69 Å². The van der Waals surface area contributed by atoms with E-state index in [-0.39, 0.29) is 11.9 Å². The largest absolute Gasteiger partial charge is 0.323 e. The average Bonchev–Trinajstić information content (AvgIpc) is 2.65. The quantitative estimate of drug-likeness (QED) is 0.831. The van der Waals surface area contributed by atoms with Crippen LogP contribution in [0.5, 0.6) is 0 Å². The summed E-state index contributed by atoms with van der Waals surface area (Å²) in [5.74, 6) is -0.0642. The Balaban J connectivity index is 1.52. The number of hydrogen-bond acceptors (Lipinski definition) is 3. The van der Waals surface area contributed by atoms with Crippen LogP contribution < -0.4 is 5.32 Å². The molecular weight excluding hydrogens is 369 g/mol. The Morgan fingerprint density at radius 3 is 2.46 bits per heavy atom. The fraction of sp³-hybridized carbons (Fsp3) is 0.350. The highest BCUT2D eigenvalue weighted by molar-refractivity contribution is 6.35. The maximum absolute atomic E-state index is 12.6. The maximum Gasteiger partial charge on any atom is 0.241 e. The van der Waals surface area contributed by atoms with E-state index in [4.69, 9.17) is 23.2 Å². The number of nitrogens with one attached hydrogen (secondary N) is 1. The topological polar surface area (TPSA) is 35.6 Å². The van der Waals surface area contributed by atoms with Crippen molar-refractivity contribution in [2.75, 3.05) is 31.5 Å². The van der Waals surface area contributed by atoms with Gasteiger partial charge in [-0.25, -0.2) is 0 Å². The van der Waals surface area contributed by atoms with Crippen molar-refractivity contribution in [1.82, 2.24) is 9.80 Å². The third-order valence-electron chi connectivity index (χ3n) is 4.77. The summed E-state index contributed by atoms with van der Waals surface area (Å²) in [5.41, 5.74) is 1.88. The molecule has 1 heterocycles. The molecule has 1 fully saturated rings. The monoisotopic (exact) mass is 391 g/mol. The molecule has 1 aliphatic heterocycles. The molecule has 0 unspecified atom stereocenters. The molecule has 26 heavy (non-hydrogen) atoms. The van der Waals surface area contributed by atoms with Crippen molar-refractivity contribution in [2.24, 2.45) is 0 Å². The van der Waals surface area contributed by atoms with E-state index in [0.29, 0.717) is 15.7 Å². The second kappa shape index (κ2) is 8.87. The molecule has 1 amide bonds. The molecule has 0 radical (unpaired) electrons. The van der Waals surface area contributed by atoms with E-state index in [1.807, 2.05) is 13.0 Å². The molecule has 1 aliphatic rings. The Labute approximate surface area is 164 Å². The maximum atomic E-state index is 12.6. The molecule has 4 nitrogen and oxygen atoms in total. The lowest BCUT2D eigenvalue weighted by atomic mass is 10.1. The summed E-state index contributed by atoms with van der Waals surface area (Å²) in [7, 11) is 0. The number of piperazine rings is 1. The van der Waals surface area contributed by atoms with Crippen molar-refractivity contribution >= 4 is 34.8 Å². The first-order valence-electron chi connectivity index (χ1n) is 8.79. The van der Waals surface area contributed by atoms with Crippen LogP contribution in [0.15, 0.2) is 48.5 Å². The molecule has 1 saturated heterocycles. The Morgan fingerprint density at radius 1 is 1.08 bits per heavy atom. The Morgan fingerprint density at radius 2 is 1.77 bits per heavy atom. The molecule has 138 valence electrons. The fourth-order valence-electron chi connectivity index (χ4n) is 3.15. The summed E-state index contributed by atoms with van der Waals surface area (Å²) >= 11 is 12.1. The molecule has 1 atom stereocenters. The molecule has 0 bridgehead atoms. The number of anilines is 1. The highest BCUT2D eigenvalue weighted by atomic mass is 35.5. The zero-order valence-corrected chi connectivity index (χ0v) is 16.3. The standard InChI is InChI=1S/C20H23Cl2N3O/c1-15(20(26)23-19-13-17(21)7-8-18(19)22)25-11-9-24(10-12-25)14-16-5-3-2-4-6-16/h2-8,13,15H,9-12,14H2,1H3,(H,23,26)/t15-/m1/s1. The minimum Gasteiger partial charge on any atom is -0.323 e. The van der Waals surface area contributed by atoms with Gasteiger partial charge in [-0.2, -0.15) is 0 Å². The van der Waals surface area contributed by atoms with Gasteiger partial charge in [0.15, 0.2) is 0 Å². The summed E-state index contributed by atoms with van der Waals surface area (Å²) in [4.78, 5) is 17.2. The SMILES string of the molecule is C[C@H](C(=O)Nc1cc(Cl)ccc1Cl)N1CCN(Cc2ccccc2)CC1. The van der Waals surface area contributed by atoms with Gasteiger partial charge >= 0.3 is 0 Å². The zero-order valence-electron chi connectivity index (χ0n) is 14.8. The highest BCUT2D eigenvalue weighted by Gasteiger charge is 2.26. The number of hydrogen-bond donors (Lipinski definition) is 1. The van der Waals surface area contributed by atoms with E-state index < -0.39 is 0 Å². The first-order chi connectivity index (χ1) is 12.5. The van der Waals surface area contributed by atoms with E-state index in [1.54, 1.807) is 18.2 Å². The summed E-state index contributed by atoms with van der Waals surface area (Å²) in [6, 6.07) is 15.3. The third kappa shape index (κ3) is 4.98. The number of rotatable bonds is 5. The van der Waals surface area contributed by atoms with Crippen molar-refractivity contribution in [3.63, 3.8) is 0 Å². The van der Waals surface area contributed by atoms with Crippen molar-refractivity contribution < 1.29 is 4.79 Å². The molecule has 2 aromatic rings. The second-order valence-corrected chi connectivity index (χ2v) is 7.43. The van der Waals surface area contributed by atoms with Crippen LogP contribution in [0.25, 0.3) is 0 Å². The van der Waals surface area contributed by atoms with E-state index in [9.17, 15) is 4.79 Å². The third-order valence-corrected chi connectivity index (χ3v) is 5.33. The van der Waals surface area contributed by atoms with Gasteiger partial charge in [0.25, 0.3) is 0 Å². The summed E-state index contributed by atoms with van der Waals surface area (Å²) < 4.78 is 0. The van der Waals surface area contributed by atoms with Gasteiger partial charge in [-0.15, -0.1) is 0 Å². The molecule has 0 saturated carbocycles. The molecule has 2 aromatic carbocycles. The Kier molecular flexibility index (Phi) is 6.54. The van der Waals surface area contributed by atoms with E-state index in [0.717, 1.165) is 32.7 Å². The van der Waals surface area contributed by atoms with Crippen LogP contribution in [-0.2, 0) is 11.3 Å². The van der Waals surface area contributed by atoms with Crippen LogP contribution >= 0.6 is 23.2 Å². The van der Waals surface area contributed by atoms with Gasteiger partial charge in [-0.05, 0) is 30.7 Å². The number of halogens is 2. The summed E-state index contributed by atoms with van der Waals surface area (Å²) in [6.45, 7) is 6.51. The number of amides is 1. The van der Waals surface area contributed by atoms with Crippen molar-refractivity contribution in [2.45, 2.75) is 19.5 Å². The van der Waals surface area contributed by atoms with Gasteiger partial charge < -0.3 is 5.32 Å². The molecule has 1 N–H and O–H groups in total. The van der Waals surface area contributed by atoms with E-state index in [2.05, 4.69) is 39.4 Å². The fourth-order valence-corrected chi connectivity index (χ4v) is 3.48. The molecule has 3 rings (SSSR count). The lowest BCUT2D eigenvalue weighted by molar-refractivity contribution is -0.121. The minimum atomic E-state index is -0.219. The van der Waals surface area contributed by atoms with Gasteiger partial charge in [0.1, 0.15) is 0 Å². The van der Waals surface area contributed by atoms with Crippen LogP contribution in [-0.4, -0.2) is 47.9 Å². The van der Waals surface area contributed by atoms with Crippen LogP contribution in [0.1, 0.15) is 12.5 Å². The molecule has 0 spiro atoms. The molecule has 6 heteroatoms. The first kappa shape index (κ1) is 19.2. The Hall–Kier alpha value is -1.59. The van der Waals surface area contributed by atoms with Crippen LogP contribution in [0, 0.1) is 0 Å². The molecule has 0 aliphatic carbocycles. The minimum absolute atomic E-state index is 0.0642. The average molecular weight is 392 g/mol. The van der Waals surface area contributed by atoms with E-state index in [1.165, 1.54) is 5.56 Å². The molecular formula is C20H23Cl2N3O. The summed E-state index contributed by atoms with van der Waals surface area (Å²) in [6.07, 6.45) is 0. The number of carbonyl (C=O) groups excluding carboxylic acids is 1. The van der Waals surface area contributed by atoms with Gasteiger partial charge in [0, 0.05) is 37.7 Å². The van der Waals surface area contributed by atoms with Gasteiger partial charge in [0.2, 0.25) is 5.91 Å². The zero-order chi connectivity index (χ0) is 18.5. The van der Waals surface area contributed by atoms with Gasteiger partial charge in [0.05, 0.1) is 16.8 Å². The predicted octanol–water partition coefficient (Wildman–Crippen LogP) is 4.14. The van der Waals surface area contributed by atoms with Crippen molar-refractivity contribution in [3.8, 4) is 0 Å². The number of benzene rings is 2. The van der Waals surface area contributed by atoms with Crippen LogP contribution in [0.2, 0.25) is 10.0 Å². The van der Waals surface area contributed by atoms with Crippen molar-refractivity contribution in [1.29, 1.82) is 0 Å². The predicted molar refractivity (Wildman–Crippen MR) is 108 cm³/mol. The molecule has 0 aromatic heterocycles. The lowest BCUT2D eigenvalue weighted by Crippen LogP contribution is -2.52. The van der Waals surface area contributed by atoms with Crippen molar-refractivity contribution in [3.05, 3.63) is 64.1 Å². The van der Waals surface area contributed by atoms with Gasteiger partial charge in [-0.3, -0.25) is 14.6 Å². The first-order valence-corrected chi connectivity index (χ1v) is 9.55. The Bertz CT molecular complexity index is 746. The number of nitrogens with zero attached hydrogens (tertiary/aromatic N) is 2. The highest BCUT2D eigenvalue weighted by Crippen LogP contribution is 2.25. The summed E-state index contributed by atoms with van der Waals surface area (Å²) in [5, 5.41) is 3.93. The van der Waals surface area contributed by atoms with Crippen LogP contribution in [0.3, 0.4) is 0 Å². The van der Waals surface area contributed by atoms with Gasteiger partial charge in [-0.1, -0.05) is 53.5 Å². The smallest absolute Gasteiger partial charge is 0.241 e. The lowest BCUT2D eigenvalue weighted by Gasteiger charge is -2.37. The van der Waals surface area contributed by atoms with E-state index >= 15 is 0 Å². The number of carbonyl (C=O) groups is 1.